The fourth-order valence-electron chi connectivity index (χ4n) is 2.24. The molecule has 0 saturated carbocycles. The molecule has 27 heavy (non-hydrogen) atoms. The summed E-state index contributed by atoms with van der Waals surface area (Å²) in [5.41, 5.74) is 1.39. The Bertz CT molecular complexity index is 873. The third-order valence-corrected chi connectivity index (χ3v) is 3.74. The van der Waals surface area contributed by atoms with Crippen LogP contribution in [0.5, 0.6) is 17.2 Å². The van der Waals surface area contributed by atoms with E-state index in [0.29, 0.717) is 33.4 Å². The van der Waals surface area contributed by atoms with Gasteiger partial charge in [0, 0.05) is 16.7 Å². The molecule has 0 N–H and O–H groups in total. The molecule has 2 aromatic carbocycles. The molecule has 0 saturated heterocycles. The Morgan fingerprint density at radius 1 is 1.11 bits per heavy atom. The van der Waals surface area contributed by atoms with Gasteiger partial charge in [-0.1, -0.05) is 17.7 Å². The van der Waals surface area contributed by atoms with Gasteiger partial charge in [-0.2, -0.15) is 5.26 Å². The maximum Gasteiger partial charge on any atom is 0.331 e. The van der Waals surface area contributed by atoms with E-state index in [1.54, 1.807) is 42.5 Å². The van der Waals surface area contributed by atoms with Crippen LogP contribution in [-0.2, 0) is 16.1 Å². The summed E-state index contributed by atoms with van der Waals surface area (Å²) >= 11 is 5.95. The highest BCUT2D eigenvalue weighted by molar-refractivity contribution is 6.30. The van der Waals surface area contributed by atoms with E-state index in [4.69, 9.17) is 35.8 Å². The molecule has 0 atom stereocenters. The maximum absolute atomic E-state index is 12.0. The lowest BCUT2D eigenvalue weighted by Gasteiger charge is -2.09. The molecule has 2 rings (SSSR count). The van der Waals surface area contributed by atoms with Crippen LogP contribution < -0.4 is 14.2 Å². The quantitative estimate of drug-likeness (QED) is 0.503. The Balaban J connectivity index is 2.00. The molecule has 0 unspecified atom stereocenters. The van der Waals surface area contributed by atoms with Crippen LogP contribution in [0.1, 0.15) is 11.1 Å². The van der Waals surface area contributed by atoms with Crippen molar-refractivity contribution in [3.63, 3.8) is 0 Å². The number of nitrogens with zero attached hydrogens (tertiary/aromatic N) is 1. The minimum Gasteiger partial charge on any atom is -0.496 e. The summed E-state index contributed by atoms with van der Waals surface area (Å²) in [6.45, 7) is -0.0397. The summed E-state index contributed by atoms with van der Waals surface area (Å²) in [7, 11) is 3.03. The molecule has 0 radical (unpaired) electrons. The second-order valence-corrected chi connectivity index (χ2v) is 5.69. The summed E-state index contributed by atoms with van der Waals surface area (Å²) in [4.78, 5) is 12.0. The van der Waals surface area contributed by atoms with Crippen LogP contribution >= 0.6 is 11.6 Å². The van der Waals surface area contributed by atoms with E-state index in [2.05, 4.69) is 0 Å². The van der Waals surface area contributed by atoms with E-state index in [1.807, 2.05) is 6.07 Å². The highest BCUT2D eigenvalue weighted by atomic mass is 35.5. The SMILES string of the molecule is COc1ccc(Cl)cc1COC(=O)/C=C/c1ccc(OCC#N)c(OC)c1. The first-order valence-electron chi connectivity index (χ1n) is 7.92. The number of ether oxygens (including phenoxy) is 4. The van der Waals surface area contributed by atoms with Gasteiger partial charge in [0.2, 0.25) is 0 Å². The second kappa shape index (κ2) is 10.1. The molecule has 0 amide bonds. The number of methoxy groups -OCH3 is 2. The molecule has 140 valence electrons. The van der Waals surface area contributed by atoms with E-state index in [9.17, 15) is 4.79 Å². The van der Waals surface area contributed by atoms with E-state index in [0.717, 1.165) is 0 Å². The highest BCUT2D eigenvalue weighted by Crippen LogP contribution is 2.28. The number of carbonyl (C=O) groups is 1. The van der Waals surface area contributed by atoms with Crippen LogP contribution in [0.25, 0.3) is 6.08 Å². The van der Waals surface area contributed by atoms with Gasteiger partial charge in [0.25, 0.3) is 0 Å². The predicted molar refractivity (Wildman–Crippen MR) is 101 cm³/mol. The van der Waals surface area contributed by atoms with Crippen LogP contribution in [0.15, 0.2) is 42.5 Å². The average molecular weight is 388 g/mol. The van der Waals surface area contributed by atoms with Crippen molar-refractivity contribution >= 4 is 23.6 Å². The molecule has 6 nitrogen and oxygen atoms in total. The molecule has 0 spiro atoms. The van der Waals surface area contributed by atoms with Crippen molar-refractivity contribution < 1.29 is 23.7 Å². The lowest BCUT2D eigenvalue weighted by atomic mass is 10.2. The summed E-state index contributed by atoms with van der Waals surface area (Å²) in [5.74, 6) is 0.992. The second-order valence-electron chi connectivity index (χ2n) is 5.25. The fourth-order valence-corrected chi connectivity index (χ4v) is 2.43. The molecule has 0 aromatic heterocycles. The molecule has 0 aliphatic carbocycles. The lowest BCUT2D eigenvalue weighted by molar-refractivity contribution is -0.138. The minimum atomic E-state index is -0.513. The van der Waals surface area contributed by atoms with Crippen LogP contribution in [0.4, 0.5) is 0 Å². The van der Waals surface area contributed by atoms with Crippen molar-refractivity contribution in [2.45, 2.75) is 6.61 Å². The Labute approximate surface area is 162 Å². The van der Waals surface area contributed by atoms with E-state index in [1.165, 1.54) is 20.3 Å². The summed E-state index contributed by atoms with van der Waals surface area (Å²) < 4.78 is 20.9. The molecule has 2 aromatic rings. The monoisotopic (exact) mass is 387 g/mol. The molecule has 0 fully saturated rings. The van der Waals surface area contributed by atoms with Gasteiger partial charge >= 0.3 is 5.97 Å². The van der Waals surface area contributed by atoms with Crippen LogP contribution in [0.3, 0.4) is 0 Å². The number of rotatable bonds is 8. The number of esters is 1. The molecular formula is C20H18ClNO5. The third-order valence-electron chi connectivity index (χ3n) is 3.50. The summed E-state index contributed by atoms with van der Waals surface area (Å²) in [5, 5.41) is 9.11. The van der Waals surface area contributed by atoms with Crippen LogP contribution in [-0.4, -0.2) is 26.8 Å². The first-order valence-corrected chi connectivity index (χ1v) is 8.30. The first-order chi connectivity index (χ1) is 13.1. The Kier molecular flexibility index (Phi) is 7.53. The molecule has 7 heteroatoms. The molecule has 0 aliphatic rings. The number of benzene rings is 2. The molecule has 0 heterocycles. The van der Waals surface area contributed by atoms with Crippen molar-refractivity contribution in [1.29, 1.82) is 5.26 Å². The van der Waals surface area contributed by atoms with Crippen LogP contribution in [0.2, 0.25) is 5.02 Å². The van der Waals surface area contributed by atoms with Gasteiger partial charge in [0.15, 0.2) is 18.1 Å². The highest BCUT2D eigenvalue weighted by Gasteiger charge is 2.07. The fraction of sp³-hybridized carbons (Fsp3) is 0.200. The van der Waals surface area contributed by atoms with Gasteiger partial charge in [-0.15, -0.1) is 0 Å². The van der Waals surface area contributed by atoms with Crippen molar-refractivity contribution in [2.75, 3.05) is 20.8 Å². The van der Waals surface area contributed by atoms with Gasteiger partial charge in [-0.25, -0.2) is 4.79 Å². The van der Waals surface area contributed by atoms with Crippen molar-refractivity contribution in [3.05, 3.63) is 58.6 Å². The normalized spacial score (nSPS) is 10.3. The zero-order chi connectivity index (χ0) is 19.6. The third kappa shape index (κ3) is 5.94. The van der Waals surface area contributed by atoms with Gasteiger partial charge in [0.05, 0.1) is 14.2 Å². The van der Waals surface area contributed by atoms with Crippen molar-refractivity contribution in [2.24, 2.45) is 0 Å². The van der Waals surface area contributed by atoms with Crippen molar-refractivity contribution in [1.82, 2.24) is 0 Å². The van der Waals surface area contributed by atoms with Gasteiger partial charge in [-0.05, 0) is 42.0 Å². The van der Waals surface area contributed by atoms with E-state index >= 15 is 0 Å². The van der Waals surface area contributed by atoms with Gasteiger partial charge in [0.1, 0.15) is 18.4 Å². The summed E-state index contributed by atoms with van der Waals surface area (Å²) in [6.07, 6.45) is 2.90. The smallest absolute Gasteiger partial charge is 0.331 e. The standard InChI is InChI=1S/C20H18ClNO5/c1-24-17-7-5-16(21)12-15(17)13-27-20(23)8-4-14-3-6-18(26-10-9-22)19(11-14)25-2/h3-8,11-12H,10,13H2,1-2H3/b8-4+. The molecular weight excluding hydrogens is 370 g/mol. The lowest BCUT2D eigenvalue weighted by Crippen LogP contribution is -2.02. The first kappa shape index (κ1) is 20.1. The van der Waals surface area contributed by atoms with Gasteiger partial charge in [-0.3, -0.25) is 0 Å². The van der Waals surface area contributed by atoms with Crippen molar-refractivity contribution in [3.8, 4) is 23.3 Å². The van der Waals surface area contributed by atoms with Crippen LogP contribution in [0, 0.1) is 11.3 Å². The number of hydrogen-bond donors (Lipinski definition) is 0. The number of halogens is 1. The Morgan fingerprint density at radius 2 is 1.85 bits per heavy atom. The number of carbonyl (C=O) groups excluding carboxylic acids is 1. The maximum atomic E-state index is 12.0. The summed E-state index contributed by atoms with van der Waals surface area (Å²) in [6, 6.07) is 12.1. The zero-order valence-corrected chi connectivity index (χ0v) is 15.7. The largest absolute Gasteiger partial charge is 0.496 e. The Morgan fingerprint density at radius 3 is 2.56 bits per heavy atom. The minimum absolute atomic E-state index is 0.0389. The average Bonchev–Trinajstić information content (AvgIpc) is 2.69. The number of hydrogen-bond acceptors (Lipinski definition) is 6. The van der Waals surface area contributed by atoms with E-state index in [-0.39, 0.29) is 13.2 Å². The topological polar surface area (TPSA) is 77.8 Å². The Hall–Kier alpha value is -3.17. The molecule has 0 aliphatic heterocycles. The molecule has 0 bridgehead atoms. The van der Waals surface area contributed by atoms with Gasteiger partial charge < -0.3 is 18.9 Å². The number of nitriles is 1. The predicted octanol–water partition coefficient (Wildman–Crippen LogP) is 4.02. The zero-order valence-electron chi connectivity index (χ0n) is 14.9. The van der Waals surface area contributed by atoms with E-state index < -0.39 is 5.97 Å².